The van der Waals surface area contributed by atoms with Gasteiger partial charge in [-0.3, -0.25) is 4.79 Å². The Morgan fingerprint density at radius 1 is 1.29 bits per heavy atom. The third kappa shape index (κ3) is 7.90. The van der Waals surface area contributed by atoms with Gasteiger partial charge in [0.1, 0.15) is 18.0 Å². The fourth-order valence-electron chi connectivity index (χ4n) is 1.67. The molecule has 0 fully saturated rings. The Labute approximate surface area is 135 Å². The smallest absolute Gasteiger partial charge is 0.306 e. The molecule has 116 valence electrons. The molecule has 0 saturated carbocycles. The van der Waals surface area contributed by atoms with E-state index in [4.69, 9.17) is 9.47 Å². The molecule has 1 aromatic rings. The molecule has 1 atom stereocenters. The average Bonchev–Trinajstić information content (AvgIpc) is 2.41. The van der Waals surface area contributed by atoms with Gasteiger partial charge >= 0.3 is 5.97 Å². The van der Waals surface area contributed by atoms with E-state index in [-0.39, 0.29) is 16.4 Å². The maximum absolute atomic E-state index is 11.7. The number of benzene rings is 1. The van der Waals surface area contributed by atoms with E-state index in [1.54, 1.807) is 0 Å². The molecule has 0 aliphatic rings. The van der Waals surface area contributed by atoms with Gasteiger partial charge in [0.15, 0.2) is 0 Å². The first kappa shape index (κ1) is 17.8. The molecule has 0 heterocycles. The molecule has 0 saturated heterocycles. The molecular formula is C17H23BrO3. The van der Waals surface area contributed by atoms with Gasteiger partial charge in [-0.2, -0.15) is 0 Å². The van der Waals surface area contributed by atoms with E-state index in [1.807, 2.05) is 51.1 Å². The maximum Gasteiger partial charge on any atom is 0.306 e. The summed E-state index contributed by atoms with van der Waals surface area (Å²) in [5.74, 6) is 0.422. The van der Waals surface area contributed by atoms with Crippen molar-refractivity contribution in [2.75, 3.05) is 0 Å². The third-order valence-electron chi connectivity index (χ3n) is 2.63. The fraction of sp³-hybridized carbons (Fsp3) is 0.471. The summed E-state index contributed by atoms with van der Waals surface area (Å²) in [5, 5.41) is 0. The Balaban J connectivity index is 2.28. The lowest BCUT2D eigenvalue weighted by Crippen LogP contribution is -2.22. The number of alkyl halides is 1. The molecule has 3 nitrogen and oxygen atoms in total. The Morgan fingerprint density at radius 2 is 1.90 bits per heavy atom. The van der Waals surface area contributed by atoms with E-state index >= 15 is 0 Å². The minimum Gasteiger partial charge on any atom is -0.492 e. The van der Waals surface area contributed by atoms with Gasteiger partial charge in [0, 0.05) is 6.42 Å². The summed E-state index contributed by atoms with van der Waals surface area (Å²) >= 11 is 3.49. The third-order valence-corrected chi connectivity index (χ3v) is 3.60. The largest absolute Gasteiger partial charge is 0.492 e. The molecular weight excluding hydrogens is 332 g/mol. The van der Waals surface area contributed by atoms with Crippen LogP contribution in [0.4, 0.5) is 0 Å². The number of hydrogen-bond acceptors (Lipinski definition) is 3. The van der Waals surface area contributed by atoms with Crippen molar-refractivity contribution in [2.45, 2.75) is 50.6 Å². The zero-order valence-corrected chi connectivity index (χ0v) is 14.5. The van der Waals surface area contributed by atoms with Crippen molar-refractivity contribution in [2.24, 2.45) is 0 Å². The van der Waals surface area contributed by atoms with Crippen molar-refractivity contribution < 1.29 is 14.3 Å². The SMILES string of the molecule is C=C(OC(C)(C)C)C(Br)CCC(=O)OCc1ccccc1. The monoisotopic (exact) mass is 354 g/mol. The lowest BCUT2D eigenvalue weighted by Gasteiger charge is -2.25. The number of rotatable bonds is 7. The van der Waals surface area contributed by atoms with Gasteiger partial charge in [-0.05, 0) is 32.8 Å². The first-order valence-corrected chi connectivity index (χ1v) is 7.91. The van der Waals surface area contributed by atoms with Crippen LogP contribution in [0.25, 0.3) is 0 Å². The van der Waals surface area contributed by atoms with E-state index in [9.17, 15) is 4.79 Å². The Bertz CT molecular complexity index is 463. The van der Waals surface area contributed by atoms with Crippen LogP contribution in [0.15, 0.2) is 42.7 Å². The zero-order valence-electron chi connectivity index (χ0n) is 12.9. The highest BCUT2D eigenvalue weighted by molar-refractivity contribution is 9.09. The summed E-state index contributed by atoms with van der Waals surface area (Å²) in [6.45, 7) is 10.1. The van der Waals surface area contributed by atoms with E-state index in [1.165, 1.54) is 0 Å². The Kier molecular flexibility index (Phi) is 6.96. The average molecular weight is 355 g/mol. The van der Waals surface area contributed by atoms with E-state index in [2.05, 4.69) is 22.5 Å². The summed E-state index contributed by atoms with van der Waals surface area (Å²) in [5.41, 5.74) is 0.707. The Hall–Kier alpha value is -1.29. The number of allylic oxidation sites excluding steroid dienone is 1. The molecule has 0 aliphatic heterocycles. The van der Waals surface area contributed by atoms with Crippen molar-refractivity contribution in [1.29, 1.82) is 0 Å². The summed E-state index contributed by atoms with van der Waals surface area (Å²) in [4.78, 5) is 11.7. The van der Waals surface area contributed by atoms with Crippen molar-refractivity contribution >= 4 is 21.9 Å². The summed E-state index contributed by atoms with van der Waals surface area (Å²) in [6, 6.07) is 9.64. The number of esters is 1. The standard InChI is InChI=1S/C17H23BrO3/c1-13(21-17(2,3)4)15(18)10-11-16(19)20-12-14-8-6-5-7-9-14/h5-9,15H,1,10-12H2,2-4H3. The molecule has 1 rings (SSSR count). The topological polar surface area (TPSA) is 35.5 Å². The number of hydrogen-bond donors (Lipinski definition) is 0. The molecule has 0 amide bonds. The van der Waals surface area contributed by atoms with Crippen LogP contribution in [-0.4, -0.2) is 16.4 Å². The van der Waals surface area contributed by atoms with Gasteiger partial charge in [0.25, 0.3) is 0 Å². The molecule has 0 radical (unpaired) electrons. The molecule has 1 unspecified atom stereocenters. The lowest BCUT2D eigenvalue weighted by molar-refractivity contribution is -0.145. The second-order valence-corrected chi connectivity index (χ2v) is 6.94. The second-order valence-electron chi connectivity index (χ2n) is 5.83. The molecule has 0 aromatic heterocycles. The minimum absolute atomic E-state index is 0.0546. The summed E-state index contributed by atoms with van der Waals surface area (Å²) in [7, 11) is 0. The molecule has 0 bridgehead atoms. The van der Waals surface area contributed by atoms with E-state index in [0.717, 1.165) is 5.56 Å². The van der Waals surface area contributed by atoms with Crippen LogP contribution in [0.3, 0.4) is 0 Å². The first-order chi connectivity index (χ1) is 9.78. The summed E-state index contributed by atoms with van der Waals surface area (Å²) in [6.07, 6.45) is 0.928. The molecule has 4 heteroatoms. The van der Waals surface area contributed by atoms with Crippen molar-refractivity contribution in [3.63, 3.8) is 0 Å². The van der Waals surface area contributed by atoms with Crippen LogP contribution in [0.2, 0.25) is 0 Å². The van der Waals surface area contributed by atoms with Gasteiger partial charge in [-0.15, -0.1) is 0 Å². The van der Waals surface area contributed by atoms with E-state index < -0.39 is 0 Å². The normalized spacial score (nSPS) is 12.6. The van der Waals surface area contributed by atoms with Gasteiger partial charge in [0.05, 0.1) is 4.83 Å². The minimum atomic E-state index is -0.281. The molecule has 0 aliphatic carbocycles. The molecule has 0 N–H and O–H groups in total. The van der Waals surface area contributed by atoms with Crippen LogP contribution >= 0.6 is 15.9 Å². The maximum atomic E-state index is 11.7. The fourth-order valence-corrected chi connectivity index (χ4v) is 2.00. The Morgan fingerprint density at radius 3 is 2.48 bits per heavy atom. The zero-order chi connectivity index (χ0) is 15.9. The lowest BCUT2D eigenvalue weighted by atomic mass is 10.1. The highest BCUT2D eigenvalue weighted by atomic mass is 79.9. The second kappa shape index (κ2) is 8.23. The van der Waals surface area contributed by atoms with Crippen LogP contribution in [-0.2, 0) is 20.9 Å². The van der Waals surface area contributed by atoms with Gasteiger partial charge in [-0.25, -0.2) is 0 Å². The van der Waals surface area contributed by atoms with Gasteiger partial charge < -0.3 is 9.47 Å². The number of carbonyl (C=O) groups excluding carboxylic acids is 1. The highest BCUT2D eigenvalue weighted by Crippen LogP contribution is 2.23. The van der Waals surface area contributed by atoms with Gasteiger partial charge in [0.2, 0.25) is 0 Å². The summed E-state index contributed by atoms with van der Waals surface area (Å²) < 4.78 is 10.9. The van der Waals surface area contributed by atoms with Crippen LogP contribution in [0, 0.1) is 0 Å². The number of halogens is 1. The van der Waals surface area contributed by atoms with Crippen LogP contribution in [0.1, 0.15) is 39.2 Å². The quantitative estimate of drug-likeness (QED) is 0.407. The predicted octanol–water partition coefficient (Wildman–Crippen LogP) is 4.60. The van der Waals surface area contributed by atoms with E-state index in [0.29, 0.717) is 25.2 Å². The van der Waals surface area contributed by atoms with Crippen LogP contribution < -0.4 is 0 Å². The van der Waals surface area contributed by atoms with Crippen molar-refractivity contribution in [1.82, 2.24) is 0 Å². The molecule has 0 spiro atoms. The highest BCUT2D eigenvalue weighted by Gasteiger charge is 2.19. The first-order valence-electron chi connectivity index (χ1n) is 6.99. The van der Waals surface area contributed by atoms with Crippen molar-refractivity contribution in [3.05, 3.63) is 48.2 Å². The number of ether oxygens (including phenoxy) is 2. The van der Waals surface area contributed by atoms with Crippen LogP contribution in [0.5, 0.6) is 0 Å². The number of carbonyl (C=O) groups is 1. The van der Waals surface area contributed by atoms with Gasteiger partial charge in [-0.1, -0.05) is 52.8 Å². The molecule has 1 aromatic carbocycles. The molecule has 21 heavy (non-hydrogen) atoms. The predicted molar refractivity (Wildman–Crippen MR) is 88.2 cm³/mol. The van der Waals surface area contributed by atoms with Crippen molar-refractivity contribution in [3.8, 4) is 0 Å².